The molecule has 1 fully saturated rings. The monoisotopic (exact) mass is 615 g/mol. The number of carbonyl (C=O) groups is 4. The van der Waals surface area contributed by atoms with E-state index in [1.165, 1.54) is 25.3 Å². The van der Waals surface area contributed by atoms with Gasteiger partial charge in [0.15, 0.2) is 0 Å². The second kappa shape index (κ2) is 13.5. The number of carbonyl (C=O) groups excluding carboxylic acids is 4. The molecule has 1 aliphatic heterocycles. The predicted molar refractivity (Wildman–Crippen MR) is 152 cm³/mol. The summed E-state index contributed by atoms with van der Waals surface area (Å²) < 4.78 is 10.7. The Hall–Kier alpha value is -3.86. The van der Waals surface area contributed by atoms with E-state index in [-0.39, 0.29) is 41.5 Å². The fourth-order valence-electron chi connectivity index (χ4n) is 4.06. The highest BCUT2D eigenvalue weighted by Crippen LogP contribution is 2.23. The van der Waals surface area contributed by atoms with Gasteiger partial charge in [0.25, 0.3) is 11.8 Å². The number of ether oxygens (including phenoxy) is 2. The Labute approximate surface area is 241 Å². The lowest BCUT2D eigenvalue weighted by Gasteiger charge is -2.32. The van der Waals surface area contributed by atoms with Gasteiger partial charge < -0.3 is 30.1 Å². The number of benzene rings is 2. The molecule has 214 valence electrons. The number of esters is 1. The largest absolute Gasteiger partial charge is 0.508 e. The molecule has 0 bridgehead atoms. The van der Waals surface area contributed by atoms with Crippen LogP contribution in [0.5, 0.6) is 5.75 Å². The minimum atomic E-state index is -0.693. The van der Waals surface area contributed by atoms with Crippen LogP contribution in [0.15, 0.2) is 58.7 Å². The molecule has 2 aromatic carbocycles. The smallest absolute Gasteiger partial charge is 0.410 e. The highest BCUT2D eigenvalue weighted by atomic mass is 79.9. The molecule has 3 amide bonds. The molecule has 0 unspecified atom stereocenters. The number of phenols is 1. The number of methoxy groups -OCH3 is 1. The van der Waals surface area contributed by atoms with Crippen molar-refractivity contribution in [2.45, 2.75) is 45.8 Å². The lowest BCUT2D eigenvalue weighted by molar-refractivity contribution is -0.136. The van der Waals surface area contributed by atoms with Crippen molar-refractivity contribution in [3.63, 3.8) is 0 Å². The molecular weight excluding hydrogens is 582 g/mol. The summed E-state index contributed by atoms with van der Waals surface area (Å²) >= 11 is 3.35. The molecule has 11 heteroatoms. The van der Waals surface area contributed by atoms with Gasteiger partial charge in [0.05, 0.1) is 12.7 Å². The number of nitrogens with zero attached hydrogens (tertiary/aromatic N) is 1. The number of amides is 3. The summed E-state index contributed by atoms with van der Waals surface area (Å²) in [5.74, 6) is -1.56. The zero-order chi connectivity index (χ0) is 29.4. The van der Waals surface area contributed by atoms with E-state index >= 15 is 0 Å². The Morgan fingerprint density at radius 2 is 1.77 bits per heavy atom. The van der Waals surface area contributed by atoms with Crippen molar-refractivity contribution >= 4 is 39.8 Å². The Morgan fingerprint density at radius 3 is 2.38 bits per heavy atom. The molecule has 0 spiro atoms. The van der Waals surface area contributed by atoms with E-state index in [0.717, 1.165) is 5.56 Å². The fraction of sp³-hybridized carbons (Fsp3) is 0.379. The minimum Gasteiger partial charge on any atom is -0.508 e. The van der Waals surface area contributed by atoms with Gasteiger partial charge in [-0.05, 0) is 91.4 Å². The molecule has 3 rings (SSSR count). The van der Waals surface area contributed by atoms with Gasteiger partial charge in [-0.3, -0.25) is 9.59 Å². The fourth-order valence-corrected chi connectivity index (χ4v) is 4.62. The van der Waals surface area contributed by atoms with Crippen molar-refractivity contribution in [2.75, 3.05) is 20.2 Å². The number of halogens is 1. The van der Waals surface area contributed by atoms with Crippen molar-refractivity contribution in [3.8, 4) is 5.75 Å². The van der Waals surface area contributed by atoms with Gasteiger partial charge in [-0.2, -0.15) is 0 Å². The Balaban J connectivity index is 1.63. The predicted octanol–water partition coefficient (Wildman–Crippen LogP) is 4.52. The standard InChI is InChI=1S/C29H34BrN3O7/c1-29(2,3)40-28(38)33-12-10-18(11-13-33)15-24(27(37)39-4)32-26(36)22-9-8-20(16-23(22)30)25(35)31-17-19-6-5-7-21(34)14-19/h5-9,14-16,18,34H,10-13,17H2,1-4H3,(H,31,35)(H,32,36)/b24-15-. The van der Waals surface area contributed by atoms with Crippen LogP contribution in [0.3, 0.4) is 0 Å². The molecule has 0 aliphatic carbocycles. The zero-order valence-corrected chi connectivity index (χ0v) is 24.5. The van der Waals surface area contributed by atoms with Crippen LogP contribution in [0.25, 0.3) is 0 Å². The molecular formula is C29H34BrN3O7. The van der Waals surface area contributed by atoms with Crippen LogP contribution >= 0.6 is 15.9 Å². The van der Waals surface area contributed by atoms with Crippen molar-refractivity contribution in [1.82, 2.24) is 15.5 Å². The summed E-state index contributed by atoms with van der Waals surface area (Å²) in [6.45, 7) is 6.57. The zero-order valence-electron chi connectivity index (χ0n) is 23.0. The summed E-state index contributed by atoms with van der Waals surface area (Å²) in [4.78, 5) is 52.1. The van der Waals surface area contributed by atoms with Crippen molar-refractivity contribution in [3.05, 3.63) is 75.4 Å². The van der Waals surface area contributed by atoms with E-state index in [4.69, 9.17) is 9.47 Å². The van der Waals surface area contributed by atoms with E-state index in [9.17, 15) is 24.3 Å². The van der Waals surface area contributed by atoms with Crippen molar-refractivity contribution in [1.29, 1.82) is 0 Å². The van der Waals surface area contributed by atoms with Gasteiger partial charge in [0.2, 0.25) is 0 Å². The molecule has 0 aromatic heterocycles. The number of rotatable bonds is 7. The third-order valence-corrected chi connectivity index (χ3v) is 6.74. The number of hydrogen-bond donors (Lipinski definition) is 3. The SMILES string of the molecule is COC(=O)/C(=C/C1CCN(C(=O)OC(C)(C)C)CC1)NC(=O)c1ccc(C(=O)NCc2cccc(O)c2)cc1Br. The van der Waals surface area contributed by atoms with Gasteiger partial charge in [-0.25, -0.2) is 9.59 Å². The summed E-state index contributed by atoms with van der Waals surface area (Å²) in [7, 11) is 1.23. The van der Waals surface area contributed by atoms with Crippen LogP contribution in [0.2, 0.25) is 0 Å². The molecule has 40 heavy (non-hydrogen) atoms. The molecule has 1 saturated heterocycles. The average molecular weight is 617 g/mol. The van der Waals surface area contributed by atoms with E-state index in [0.29, 0.717) is 36.0 Å². The third-order valence-electron chi connectivity index (χ3n) is 6.09. The Morgan fingerprint density at radius 1 is 1.07 bits per heavy atom. The maximum atomic E-state index is 13.1. The molecule has 2 aromatic rings. The van der Waals surface area contributed by atoms with Gasteiger partial charge in [0.1, 0.15) is 17.0 Å². The maximum absolute atomic E-state index is 13.1. The lowest BCUT2D eigenvalue weighted by atomic mass is 9.95. The molecule has 0 radical (unpaired) electrons. The number of hydrogen-bond acceptors (Lipinski definition) is 7. The highest BCUT2D eigenvalue weighted by molar-refractivity contribution is 9.10. The maximum Gasteiger partial charge on any atom is 0.410 e. The van der Waals surface area contributed by atoms with Gasteiger partial charge in [0, 0.05) is 29.7 Å². The highest BCUT2D eigenvalue weighted by Gasteiger charge is 2.27. The first kappa shape index (κ1) is 30.7. The lowest BCUT2D eigenvalue weighted by Crippen LogP contribution is -2.41. The molecule has 0 atom stereocenters. The first-order valence-corrected chi connectivity index (χ1v) is 13.6. The van der Waals surface area contributed by atoms with Gasteiger partial charge in [-0.1, -0.05) is 18.2 Å². The molecule has 1 heterocycles. The summed E-state index contributed by atoms with van der Waals surface area (Å²) in [6.07, 6.45) is 2.46. The first-order chi connectivity index (χ1) is 18.9. The van der Waals surface area contributed by atoms with Crippen LogP contribution in [0.1, 0.15) is 59.9 Å². The van der Waals surface area contributed by atoms with E-state index in [1.54, 1.807) is 35.2 Å². The van der Waals surface area contributed by atoms with Crippen molar-refractivity contribution in [2.24, 2.45) is 5.92 Å². The quantitative estimate of drug-likeness (QED) is 0.308. The van der Waals surface area contributed by atoms with Crippen LogP contribution in [-0.2, 0) is 20.8 Å². The number of nitrogens with one attached hydrogen (secondary N) is 2. The number of aromatic hydroxyl groups is 1. The van der Waals surface area contributed by atoms with E-state index < -0.39 is 17.5 Å². The van der Waals surface area contributed by atoms with Gasteiger partial charge >= 0.3 is 12.1 Å². The van der Waals surface area contributed by atoms with Crippen LogP contribution in [0, 0.1) is 5.92 Å². The first-order valence-electron chi connectivity index (χ1n) is 12.8. The third kappa shape index (κ3) is 8.84. The summed E-state index contributed by atoms with van der Waals surface area (Å²) in [5.41, 5.74) is 0.701. The van der Waals surface area contributed by atoms with E-state index in [2.05, 4.69) is 26.6 Å². The second-order valence-electron chi connectivity index (χ2n) is 10.4. The summed E-state index contributed by atoms with van der Waals surface area (Å²) in [5, 5.41) is 15.0. The van der Waals surface area contributed by atoms with Crippen LogP contribution < -0.4 is 10.6 Å². The molecule has 0 saturated carbocycles. The Bertz CT molecular complexity index is 1290. The number of piperidine rings is 1. The molecule has 1 aliphatic rings. The van der Waals surface area contributed by atoms with Gasteiger partial charge in [-0.15, -0.1) is 0 Å². The minimum absolute atomic E-state index is 0.00283. The number of phenolic OH excluding ortho intramolecular Hbond substituents is 1. The Kier molecular flexibility index (Phi) is 10.3. The summed E-state index contributed by atoms with van der Waals surface area (Å²) in [6, 6.07) is 11.1. The topological polar surface area (TPSA) is 134 Å². The molecule has 10 nitrogen and oxygen atoms in total. The second-order valence-corrected chi connectivity index (χ2v) is 11.2. The van der Waals surface area contributed by atoms with Crippen molar-refractivity contribution < 1.29 is 33.8 Å². The van der Waals surface area contributed by atoms with E-state index in [1.807, 2.05) is 20.8 Å². The molecule has 3 N–H and O–H groups in total. The number of allylic oxidation sites excluding steroid dienone is 1. The normalized spacial score (nSPS) is 14.3. The van der Waals surface area contributed by atoms with Crippen LogP contribution in [-0.4, -0.2) is 59.7 Å². The van der Waals surface area contributed by atoms with Crippen LogP contribution in [0.4, 0.5) is 4.79 Å². The average Bonchev–Trinajstić information content (AvgIpc) is 2.90. The number of likely N-dealkylation sites (tertiary alicyclic amines) is 1.